The van der Waals surface area contributed by atoms with Crippen LogP contribution >= 0.6 is 39.3 Å². The van der Waals surface area contributed by atoms with E-state index >= 15 is 0 Å². The highest BCUT2D eigenvalue weighted by atomic mass is 79.9. The van der Waals surface area contributed by atoms with Gasteiger partial charge in [-0.05, 0) is 30.9 Å². The van der Waals surface area contributed by atoms with Gasteiger partial charge >= 0.3 is 0 Å². The minimum absolute atomic E-state index is 0.00206. The minimum atomic E-state index is -0.838. The highest BCUT2D eigenvalue weighted by Crippen LogP contribution is 2.68. The van der Waals surface area contributed by atoms with Gasteiger partial charge in [-0.3, -0.25) is 14.4 Å². The standard InChI is InChI=1S/C23H29BrClN3O4S/c1-10(2)14(9-29)28-19(21(31)27-17-11(3)6-5-7-13(17)25)23-8-12(24)18(33-23)15(20(30)26-4)16(23)22(28)32/h5-7,10,12,14-16,18-19,29H,8-9H2,1-4H3,(H,26,30)(H,27,31)/t12?,14-,15+,16-,18+,19?,23?/m0/s1. The van der Waals surface area contributed by atoms with E-state index in [4.69, 9.17) is 11.6 Å². The fraction of sp³-hybridized carbons (Fsp3) is 0.609. The van der Waals surface area contributed by atoms with Crippen molar-refractivity contribution < 1.29 is 19.5 Å². The van der Waals surface area contributed by atoms with Crippen LogP contribution in [0.15, 0.2) is 18.2 Å². The number of para-hydroxylation sites is 1. The number of aliphatic hydroxyl groups excluding tert-OH is 1. The average Bonchev–Trinajstić information content (AvgIpc) is 3.34. The first kappa shape index (κ1) is 24.8. The van der Waals surface area contributed by atoms with Gasteiger partial charge in [0.2, 0.25) is 17.7 Å². The molecule has 3 heterocycles. The molecular formula is C23H29BrClN3O4S. The van der Waals surface area contributed by atoms with Crippen LogP contribution in [0.5, 0.6) is 0 Å². The lowest BCUT2D eigenvalue weighted by Crippen LogP contribution is -2.56. The van der Waals surface area contributed by atoms with Crippen molar-refractivity contribution in [3.05, 3.63) is 28.8 Å². The van der Waals surface area contributed by atoms with E-state index in [9.17, 15) is 19.5 Å². The number of anilines is 1. The fourth-order valence-electron chi connectivity index (χ4n) is 5.79. The smallest absolute Gasteiger partial charge is 0.248 e. The molecule has 3 N–H and O–H groups in total. The number of aliphatic hydroxyl groups is 1. The molecule has 3 amide bonds. The topological polar surface area (TPSA) is 98.7 Å². The number of nitrogens with zero attached hydrogens (tertiary/aromatic N) is 1. The third-order valence-corrected chi connectivity index (χ3v) is 10.8. The molecule has 3 aliphatic heterocycles. The first-order chi connectivity index (χ1) is 15.6. The van der Waals surface area contributed by atoms with Crippen molar-refractivity contribution in [3.63, 3.8) is 0 Å². The van der Waals surface area contributed by atoms with Gasteiger partial charge in [0.25, 0.3) is 0 Å². The lowest BCUT2D eigenvalue weighted by molar-refractivity contribution is -0.142. The van der Waals surface area contributed by atoms with Crippen LogP contribution < -0.4 is 10.6 Å². The highest BCUT2D eigenvalue weighted by molar-refractivity contribution is 9.09. The zero-order valence-electron chi connectivity index (χ0n) is 19.0. The SMILES string of the molecule is CNC(=O)[C@H]1[C@@H]2SC3(CC2Br)C(C(=O)Nc2c(C)cccc2Cl)N([C@@H](CO)C(C)C)C(=O)[C@H]13. The van der Waals surface area contributed by atoms with Crippen molar-refractivity contribution in [2.75, 3.05) is 19.0 Å². The van der Waals surface area contributed by atoms with Gasteiger partial charge in [-0.1, -0.05) is 53.5 Å². The Bertz CT molecular complexity index is 974. The summed E-state index contributed by atoms with van der Waals surface area (Å²) < 4.78 is -0.769. The number of thioether (sulfide) groups is 1. The summed E-state index contributed by atoms with van der Waals surface area (Å²) in [7, 11) is 1.57. The summed E-state index contributed by atoms with van der Waals surface area (Å²) in [5, 5.41) is 16.2. The average molecular weight is 559 g/mol. The molecule has 7 nitrogen and oxygen atoms in total. The lowest BCUT2D eigenvalue weighted by Gasteiger charge is -2.38. The number of alkyl halides is 1. The summed E-state index contributed by atoms with van der Waals surface area (Å²) in [6, 6.07) is 4.00. The molecular weight excluding hydrogens is 530 g/mol. The third kappa shape index (κ3) is 3.70. The summed E-state index contributed by atoms with van der Waals surface area (Å²) in [6.45, 7) is 5.43. The molecule has 7 atom stereocenters. The highest BCUT2D eigenvalue weighted by Gasteiger charge is 2.76. The number of hydrogen-bond acceptors (Lipinski definition) is 5. The summed E-state index contributed by atoms with van der Waals surface area (Å²) in [5.41, 5.74) is 1.32. The predicted octanol–water partition coefficient (Wildman–Crippen LogP) is 2.81. The van der Waals surface area contributed by atoms with Crippen molar-refractivity contribution in [1.82, 2.24) is 10.2 Å². The zero-order valence-corrected chi connectivity index (χ0v) is 22.1. The zero-order chi connectivity index (χ0) is 24.2. The van der Waals surface area contributed by atoms with Gasteiger partial charge in [0.1, 0.15) is 6.04 Å². The van der Waals surface area contributed by atoms with E-state index in [0.717, 1.165) is 5.56 Å². The first-order valence-electron chi connectivity index (χ1n) is 11.1. The van der Waals surface area contributed by atoms with Crippen molar-refractivity contribution >= 4 is 62.7 Å². The van der Waals surface area contributed by atoms with Crippen LogP contribution in [-0.2, 0) is 14.4 Å². The summed E-state index contributed by atoms with van der Waals surface area (Å²) in [5.74, 6) is -2.01. The van der Waals surface area contributed by atoms with E-state index < -0.39 is 28.7 Å². The molecule has 3 fully saturated rings. The Morgan fingerprint density at radius 3 is 2.64 bits per heavy atom. The maximum Gasteiger partial charge on any atom is 0.248 e. The lowest BCUT2D eigenvalue weighted by atomic mass is 9.70. The van der Waals surface area contributed by atoms with Gasteiger partial charge in [0.15, 0.2) is 0 Å². The molecule has 2 bridgehead atoms. The predicted molar refractivity (Wildman–Crippen MR) is 134 cm³/mol. The molecule has 3 saturated heterocycles. The van der Waals surface area contributed by atoms with E-state index in [-0.39, 0.29) is 40.3 Å². The van der Waals surface area contributed by atoms with Gasteiger partial charge in [0.05, 0.1) is 39.9 Å². The van der Waals surface area contributed by atoms with Gasteiger partial charge < -0.3 is 20.6 Å². The molecule has 3 aliphatic rings. The van der Waals surface area contributed by atoms with E-state index in [1.807, 2.05) is 32.9 Å². The second-order valence-electron chi connectivity index (χ2n) is 9.44. The van der Waals surface area contributed by atoms with Crippen LogP contribution in [0.4, 0.5) is 5.69 Å². The van der Waals surface area contributed by atoms with Gasteiger partial charge in [0, 0.05) is 17.1 Å². The van der Waals surface area contributed by atoms with Crippen molar-refractivity contribution in [1.29, 1.82) is 0 Å². The molecule has 0 aliphatic carbocycles. The normalized spacial score (nSPS) is 33.4. The number of carbonyl (C=O) groups is 3. The van der Waals surface area contributed by atoms with Crippen molar-refractivity contribution in [2.24, 2.45) is 17.8 Å². The molecule has 3 unspecified atom stereocenters. The number of halogens is 2. The second-order valence-corrected chi connectivity index (χ2v) is 12.6. The van der Waals surface area contributed by atoms with Crippen LogP contribution in [0.1, 0.15) is 25.8 Å². The number of fused-ring (bicyclic) bond motifs is 1. The van der Waals surface area contributed by atoms with Gasteiger partial charge in [-0.25, -0.2) is 0 Å². The van der Waals surface area contributed by atoms with E-state index in [0.29, 0.717) is 17.1 Å². The number of rotatable bonds is 6. The second kappa shape index (κ2) is 9.06. The Labute approximate surface area is 211 Å². The number of carbonyl (C=O) groups excluding carboxylic acids is 3. The molecule has 33 heavy (non-hydrogen) atoms. The quantitative estimate of drug-likeness (QED) is 0.467. The summed E-state index contributed by atoms with van der Waals surface area (Å²) in [4.78, 5) is 42.3. The summed E-state index contributed by atoms with van der Waals surface area (Å²) in [6.07, 6.45) is 0.582. The number of aryl methyl sites for hydroxylation is 1. The van der Waals surface area contributed by atoms with Crippen LogP contribution in [0.2, 0.25) is 5.02 Å². The maximum atomic E-state index is 13.9. The Kier molecular flexibility index (Phi) is 6.81. The molecule has 4 rings (SSSR count). The molecule has 180 valence electrons. The van der Waals surface area contributed by atoms with E-state index in [1.165, 1.54) is 0 Å². The summed E-state index contributed by atoms with van der Waals surface area (Å²) >= 11 is 11.7. The molecule has 0 aromatic heterocycles. The third-order valence-electron chi connectivity index (χ3n) is 7.31. The molecule has 10 heteroatoms. The maximum absolute atomic E-state index is 13.9. The number of amides is 3. The largest absolute Gasteiger partial charge is 0.394 e. The van der Waals surface area contributed by atoms with Crippen LogP contribution in [0.3, 0.4) is 0 Å². The number of hydrogen-bond donors (Lipinski definition) is 3. The number of benzene rings is 1. The van der Waals surface area contributed by atoms with Gasteiger partial charge in [-0.2, -0.15) is 0 Å². The van der Waals surface area contributed by atoms with E-state index in [2.05, 4.69) is 26.6 Å². The van der Waals surface area contributed by atoms with Gasteiger partial charge in [-0.15, -0.1) is 11.8 Å². The van der Waals surface area contributed by atoms with Crippen LogP contribution in [0.25, 0.3) is 0 Å². The Morgan fingerprint density at radius 1 is 1.36 bits per heavy atom. The molecule has 1 aromatic carbocycles. The molecule has 0 radical (unpaired) electrons. The van der Waals surface area contributed by atoms with Crippen molar-refractivity contribution in [3.8, 4) is 0 Å². The van der Waals surface area contributed by atoms with Crippen LogP contribution in [0, 0.1) is 24.7 Å². The molecule has 1 spiro atoms. The Hall–Kier alpha value is -1.29. The minimum Gasteiger partial charge on any atom is -0.394 e. The van der Waals surface area contributed by atoms with Crippen LogP contribution in [-0.4, -0.2) is 68.3 Å². The molecule has 1 aromatic rings. The van der Waals surface area contributed by atoms with Crippen molar-refractivity contribution in [2.45, 2.75) is 54.1 Å². The first-order valence-corrected chi connectivity index (χ1v) is 13.3. The monoisotopic (exact) mass is 557 g/mol. The molecule has 0 saturated carbocycles. The fourth-order valence-corrected chi connectivity index (χ4v) is 9.66. The Balaban J connectivity index is 1.82. The van der Waals surface area contributed by atoms with E-state index in [1.54, 1.807) is 29.8 Å². The number of nitrogens with one attached hydrogen (secondary N) is 2. The number of likely N-dealkylation sites (tertiary alicyclic amines) is 1. The Morgan fingerprint density at radius 2 is 2.06 bits per heavy atom.